The second kappa shape index (κ2) is 7.98. The third-order valence-electron chi connectivity index (χ3n) is 3.68. The number of carbonyl (C=O) groups excluding carboxylic acids is 1. The van der Waals surface area contributed by atoms with Crippen molar-refractivity contribution in [3.8, 4) is 11.5 Å². The third-order valence-corrected chi connectivity index (χ3v) is 4.76. The summed E-state index contributed by atoms with van der Waals surface area (Å²) in [5.41, 5.74) is 1.50. The summed E-state index contributed by atoms with van der Waals surface area (Å²) < 4.78 is 16.2. The van der Waals surface area contributed by atoms with Crippen LogP contribution in [0.15, 0.2) is 54.3 Å². The van der Waals surface area contributed by atoms with Gasteiger partial charge < -0.3 is 19.5 Å². The summed E-state index contributed by atoms with van der Waals surface area (Å²) in [6, 6.07) is 15.0. The molecule has 2 aromatic carbocycles. The van der Waals surface area contributed by atoms with Crippen LogP contribution in [0.25, 0.3) is 4.91 Å². The lowest BCUT2D eigenvalue weighted by molar-refractivity contribution is -0.115. The maximum absolute atomic E-state index is 12.8. The highest BCUT2D eigenvalue weighted by Gasteiger charge is 2.24. The van der Waals surface area contributed by atoms with E-state index in [0.29, 0.717) is 29.6 Å². The lowest BCUT2D eigenvalue weighted by Crippen LogP contribution is -2.21. The molecule has 1 aliphatic rings. The van der Waals surface area contributed by atoms with Crippen LogP contribution >= 0.6 is 11.8 Å². The van der Waals surface area contributed by atoms with Crippen molar-refractivity contribution in [2.75, 3.05) is 31.9 Å². The molecule has 0 aromatic heterocycles. The second-order valence-corrected chi connectivity index (χ2v) is 6.35. The van der Waals surface area contributed by atoms with Crippen LogP contribution in [0, 0.1) is 0 Å². The van der Waals surface area contributed by atoms with Gasteiger partial charge in [-0.3, -0.25) is 4.79 Å². The van der Waals surface area contributed by atoms with E-state index in [2.05, 4.69) is 5.32 Å². The summed E-state index contributed by atoms with van der Waals surface area (Å²) in [7, 11) is 3.13. The number of hydrogen-bond donors (Lipinski definition) is 1. The van der Waals surface area contributed by atoms with Crippen LogP contribution in [0.4, 0.5) is 5.69 Å². The number of thioether (sulfide) groups is 1. The molecule has 0 aliphatic carbocycles. The Morgan fingerprint density at radius 1 is 1.12 bits per heavy atom. The number of nitrogens with one attached hydrogen (secondary N) is 1. The van der Waals surface area contributed by atoms with Gasteiger partial charge in [-0.2, -0.15) is 0 Å². The van der Waals surface area contributed by atoms with E-state index < -0.39 is 0 Å². The van der Waals surface area contributed by atoms with Crippen LogP contribution in [0.2, 0.25) is 0 Å². The van der Waals surface area contributed by atoms with Crippen molar-refractivity contribution in [3.05, 3.63) is 59.9 Å². The van der Waals surface area contributed by atoms with E-state index in [1.54, 1.807) is 44.2 Å². The van der Waals surface area contributed by atoms with Crippen molar-refractivity contribution in [3.63, 3.8) is 0 Å². The summed E-state index contributed by atoms with van der Waals surface area (Å²) in [4.78, 5) is 13.7. The number of amides is 1. The average Bonchev–Trinajstić information content (AvgIpc) is 2.68. The Balaban J connectivity index is 1.92. The molecule has 0 saturated heterocycles. The Bertz CT molecular complexity index is 789. The molecule has 5 nitrogen and oxygen atoms in total. The molecule has 1 amide bonds. The van der Waals surface area contributed by atoms with Gasteiger partial charge in [0.25, 0.3) is 5.91 Å². The molecule has 0 bridgehead atoms. The standard InChI is InChI=1S/C19H19NO4S/c1-22-14-8-9-16(23-2)15(12-14)20-19(21)17-18(25-11-10-24-17)13-6-4-3-5-7-13/h3-9,12H,10-11H2,1-2H3,(H,20,21). The van der Waals surface area contributed by atoms with Gasteiger partial charge in [0.1, 0.15) is 11.5 Å². The molecule has 0 fully saturated rings. The van der Waals surface area contributed by atoms with Gasteiger partial charge in [0, 0.05) is 11.8 Å². The molecule has 1 heterocycles. The maximum Gasteiger partial charge on any atom is 0.292 e. The first-order valence-corrected chi connectivity index (χ1v) is 8.80. The quantitative estimate of drug-likeness (QED) is 0.883. The highest BCUT2D eigenvalue weighted by atomic mass is 32.2. The smallest absolute Gasteiger partial charge is 0.292 e. The van der Waals surface area contributed by atoms with Crippen molar-refractivity contribution in [2.24, 2.45) is 0 Å². The summed E-state index contributed by atoms with van der Waals surface area (Å²) in [5.74, 6) is 2.01. The first-order valence-electron chi connectivity index (χ1n) is 7.81. The molecular formula is C19H19NO4S. The zero-order chi connectivity index (χ0) is 17.6. The zero-order valence-electron chi connectivity index (χ0n) is 14.1. The number of anilines is 1. The molecule has 130 valence electrons. The van der Waals surface area contributed by atoms with Gasteiger partial charge in [-0.1, -0.05) is 30.3 Å². The van der Waals surface area contributed by atoms with E-state index in [4.69, 9.17) is 14.2 Å². The Labute approximate surface area is 151 Å². The summed E-state index contributed by atoms with van der Waals surface area (Å²) in [6.45, 7) is 0.499. The Kier molecular flexibility index (Phi) is 5.50. The fraction of sp³-hybridized carbons (Fsp3) is 0.211. The van der Waals surface area contributed by atoms with Crippen LogP contribution < -0.4 is 14.8 Å². The maximum atomic E-state index is 12.8. The predicted molar refractivity (Wildman–Crippen MR) is 99.9 cm³/mol. The minimum absolute atomic E-state index is 0.308. The van der Waals surface area contributed by atoms with Gasteiger partial charge in [0.05, 0.1) is 31.4 Å². The van der Waals surface area contributed by atoms with E-state index in [0.717, 1.165) is 16.2 Å². The van der Waals surface area contributed by atoms with Crippen LogP contribution in [0.1, 0.15) is 5.56 Å². The predicted octanol–water partition coefficient (Wildman–Crippen LogP) is 3.77. The first kappa shape index (κ1) is 17.2. The van der Waals surface area contributed by atoms with Crippen LogP contribution in [-0.2, 0) is 9.53 Å². The summed E-state index contributed by atoms with van der Waals surface area (Å²) >= 11 is 1.62. The van der Waals surface area contributed by atoms with Gasteiger partial charge >= 0.3 is 0 Å². The Morgan fingerprint density at radius 2 is 1.92 bits per heavy atom. The molecule has 1 aliphatic heterocycles. The zero-order valence-corrected chi connectivity index (χ0v) is 14.9. The molecule has 0 saturated carbocycles. The fourth-order valence-corrected chi connectivity index (χ4v) is 3.44. The van der Waals surface area contributed by atoms with Crippen molar-refractivity contribution in [1.82, 2.24) is 0 Å². The summed E-state index contributed by atoms with van der Waals surface area (Å²) in [6.07, 6.45) is 0. The van der Waals surface area contributed by atoms with Crippen molar-refractivity contribution < 1.29 is 19.0 Å². The topological polar surface area (TPSA) is 56.8 Å². The van der Waals surface area contributed by atoms with Crippen molar-refractivity contribution >= 4 is 28.3 Å². The molecule has 0 unspecified atom stereocenters. The van der Waals surface area contributed by atoms with Crippen LogP contribution in [-0.4, -0.2) is 32.5 Å². The minimum Gasteiger partial charge on any atom is -0.497 e. The van der Waals surface area contributed by atoms with Crippen molar-refractivity contribution in [1.29, 1.82) is 0 Å². The number of rotatable bonds is 5. The molecule has 2 aromatic rings. The Morgan fingerprint density at radius 3 is 2.64 bits per heavy atom. The average molecular weight is 357 g/mol. The van der Waals surface area contributed by atoms with Crippen molar-refractivity contribution in [2.45, 2.75) is 0 Å². The molecule has 0 radical (unpaired) electrons. The number of methoxy groups -OCH3 is 2. The SMILES string of the molecule is COc1ccc(OC)c(NC(=O)C2=C(c3ccccc3)SCCO2)c1. The summed E-state index contributed by atoms with van der Waals surface area (Å²) in [5, 5.41) is 2.87. The highest BCUT2D eigenvalue weighted by molar-refractivity contribution is 8.08. The molecular weight excluding hydrogens is 338 g/mol. The number of carbonyl (C=O) groups is 1. The number of hydrogen-bond acceptors (Lipinski definition) is 5. The van der Waals surface area contributed by atoms with Gasteiger partial charge in [0.2, 0.25) is 0 Å². The van der Waals surface area contributed by atoms with E-state index >= 15 is 0 Å². The van der Waals surface area contributed by atoms with E-state index in [-0.39, 0.29) is 5.91 Å². The van der Waals surface area contributed by atoms with Crippen LogP contribution in [0.5, 0.6) is 11.5 Å². The molecule has 25 heavy (non-hydrogen) atoms. The van der Waals surface area contributed by atoms with Gasteiger partial charge in [0.15, 0.2) is 5.76 Å². The van der Waals surface area contributed by atoms with E-state index in [1.807, 2.05) is 30.3 Å². The third kappa shape index (κ3) is 3.91. The lowest BCUT2D eigenvalue weighted by Gasteiger charge is -2.21. The monoisotopic (exact) mass is 357 g/mol. The van der Waals surface area contributed by atoms with Gasteiger partial charge in [-0.25, -0.2) is 0 Å². The van der Waals surface area contributed by atoms with Gasteiger partial charge in [-0.05, 0) is 17.7 Å². The molecule has 0 atom stereocenters. The number of benzene rings is 2. The van der Waals surface area contributed by atoms with E-state index in [1.165, 1.54) is 0 Å². The van der Waals surface area contributed by atoms with E-state index in [9.17, 15) is 4.79 Å². The normalized spacial score (nSPS) is 13.8. The lowest BCUT2D eigenvalue weighted by atomic mass is 10.2. The molecule has 0 spiro atoms. The highest BCUT2D eigenvalue weighted by Crippen LogP contribution is 2.36. The molecule has 3 rings (SSSR count). The first-order chi connectivity index (χ1) is 12.2. The minimum atomic E-state index is -0.308. The second-order valence-electron chi connectivity index (χ2n) is 5.24. The number of ether oxygens (including phenoxy) is 3. The van der Waals surface area contributed by atoms with Gasteiger partial charge in [-0.15, -0.1) is 11.8 Å². The molecule has 1 N–H and O–H groups in total. The Hall–Kier alpha value is -2.60. The fourth-order valence-electron chi connectivity index (χ4n) is 2.48. The van der Waals surface area contributed by atoms with Crippen LogP contribution in [0.3, 0.4) is 0 Å². The molecule has 6 heteroatoms. The largest absolute Gasteiger partial charge is 0.497 e.